The predicted octanol–water partition coefficient (Wildman–Crippen LogP) is 3.53. The van der Waals surface area contributed by atoms with E-state index in [0.29, 0.717) is 0 Å². The Morgan fingerprint density at radius 1 is 0.958 bits per heavy atom. The molecular formula is C19H19N5. The molecule has 0 radical (unpaired) electrons. The fourth-order valence-corrected chi connectivity index (χ4v) is 3.00. The SMILES string of the molecule is Cc1nc2c3ccccc3nc(N(C)Cc3ccccc3C)n2n1. The summed E-state index contributed by atoms with van der Waals surface area (Å²) in [5.74, 6) is 1.55. The van der Waals surface area contributed by atoms with Crippen LogP contribution < -0.4 is 4.90 Å². The Morgan fingerprint density at radius 2 is 1.71 bits per heavy atom. The predicted molar refractivity (Wildman–Crippen MR) is 96.3 cm³/mol. The summed E-state index contributed by atoms with van der Waals surface area (Å²) < 4.78 is 1.84. The molecule has 0 unspecified atom stereocenters. The lowest BCUT2D eigenvalue weighted by Crippen LogP contribution is -2.21. The summed E-state index contributed by atoms with van der Waals surface area (Å²) in [4.78, 5) is 11.5. The molecule has 5 heteroatoms. The number of para-hydroxylation sites is 1. The van der Waals surface area contributed by atoms with E-state index >= 15 is 0 Å². The van der Waals surface area contributed by atoms with E-state index in [1.165, 1.54) is 11.1 Å². The summed E-state index contributed by atoms with van der Waals surface area (Å²) in [5.41, 5.74) is 4.34. The van der Waals surface area contributed by atoms with Crippen LogP contribution in [0, 0.1) is 13.8 Å². The summed E-state index contributed by atoms with van der Waals surface area (Å²) in [5, 5.41) is 5.57. The monoisotopic (exact) mass is 317 g/mol. The highest BCUT2D eigenvalue weighted by Crippen LogP contribution is 2.23. The van der Waals surface area contributed by atoms with Gasteiger partial charge >= 0.3 is 0 Å². The molecule has 5 nitrogen and oxygen atoms in total. The second-order valence-electron chi connectivity index (χ2n) is 6.11. The fourth-order valence-electron chi connectivity index (χ4n) is 3.00. The third-order valence-electron chi connectivity index (χ3n) is 4.28. The summed E-state index contributed by atoms with van der Waals surface area (Å²) in [7, 11) is 2.04. The van der Waals surface area contributed by atoms with Gasteiger partial charge in [0.15, 0.2) is 5.65 Å². The van der Waals surface area contributed by atoms with Crippen molar-refractivity contribution >= 4 is 22.5 Å². The van der Waals surface area contributed by atoms with Crippen molar-refractivity contribution in [3.63, 3.8) is 0 Å². The maximum atomic E-state index is 4.83. The van der Waals surface area contributed by atoms with Crippen molar-refractivity contribution in [2.24, 2.45) is 0 Å². The zero-order valence-electron chi connectivity index (χ0n) is 14.1. The average molecular weight is 317 g/mol. The van der Waals surface area contributed by atoms with Crippen LogP contribution in [0.2, 0.25) is 0 Å². The zero-order valence-corrected chi connectivity index (χ0v) is 14.1. The molecule has 0 saturated carbocycles. The first-order chi connectivity index (χ1) is 11.6. The van der Waals surface area contributed by atoms with Crippen molar-refractivity contribution in [3.05, 3.63) is 65.5 Å². The second-order valence-corrected chi connectivity index (χ2v) is 6.11. The largest absolute Gasteiger partial charge is 0.339 e. The van der Waals surface area contributed by atoms with E-state index in [0.717, 1.165) is 34.9 Å². The zero-order chi connectivity index (χ0) is 16.7. The Bertz CT molecular complexity index is 1030. The van der Waals surface area contributed by atoms with E-state index in [2.05, 4.69) is 46.2 Å². The van der Waals surface area contributed by atoms with E-state index in [1.807, 2.05) is 42.8 Å². The lowest BCUT2D eigenvalue weighted by molar-refractivity contribution is 0.806. The number of hydrogen-bond donors (Lipinski definition) is 0. The lowest BCUT2D eigenvalue weighted by Gasteiger charge is -2.20. The van der Waals surface area contributed by atoms with E-state index in [-0.39, 0.29) is 0 Å². The fraction of sp³-hybridized carbons (Fsp3) is 0.211. The normalized spacial score (nSPS) is 11.3. The minimum Gasteiger partial charge on any atom is -0.339 e. The number of rotatable bonds is 3. The standard InChI is InChI=1S/C19H19N5/c1-13-8-4-5-9-15(13)12-23(3)19-21-17-11-7-6-10-16(17)18-20-14(2)22-24(18)19/h4-11H,12H2,1-3H3. The lowest BCUT2D eigenvalue weighted by atomic mass is 10.1. The van der Waals surface area contributed by atoms with Crippen LogP contribution in [0.1, 0.15) is 17.0 Å². The molecule has 0 bridgehead atoms. The van der Waals surface area contributed by atoms with Gasteiger partial charge in [-0.1, -0.05) is 36.4 Å². The Labute approximate surface area is 140 Å². The number of hydrogen-bond acceptors (Lipinski definition) is 4. The van der Waals surface area contributed by atoms with Crippen molar-refractivity contribution in [1.29, 1.82) is 0 Å². The minimum atomic E-state index is 0.749. The van der Waals surface area contributed by atoms with Crippen molar-refractivity contribution in [1.82, 2.24) is 19.6 Å². The van der Waals surface area contributed by atoms with Gasteiger partial charge in [0.2, 0.25) is 5.95 Å². The van der Waals surface area contributed by atoms with Gasteiger partial charge in [0.25, 0.3) is 0 Å². The van der Waals surface area contributed by atoms with Crippen LogP contribution in [-0.4, -0.2) is 26.6 Å². The Kier molecular flexibility index (Phi) is 3.41. The molecular weight excluding hydrogens is 298 g/mol. The molecule has 0 aliphatic carbocycles. The van der Waals surface area contributed by atoms with E-state index < -0.39 is 0 Å². The molecule has 0 aliphatic rings. The average Bonchev–Trinajstić information content (AvgIpc) is 2.97. The van der Waals surface area contributed by atoms with Crippen molar-refractivity contribution < 1.29 is 0 Å². The first-order valence-corrected chi connectivity index (χ1v) is 8.01. The van der Waals surface area contributed by atoms with Crippen LogP contribution in [0.5, 0.6) is 0 Å². The summed E-state index contributed by atoms with van der Waals surface area (Å²) in [6, 6.07) is 16.5. The highest BCUT2D eigenvalue weighted by atomic mass is 15.4. The van der Waals surface area contributed by atoms with Gasteiger partial charge in [-0.2, -0.15) is 4.52 Å². The molecule has 120 valence electrons. The molecule has 2 aromatic carbocycles. The van der Waals surface area contributed by atoms with E-state index in [1.54, 1.807) is 0 Å². The van der Waals surface area contributed by atoms with Gasteiger partial charge in [0, 0.05) is 19.0 Å². The molecule has 0 fully saturated rings. The van der Waals surface area contributed by atoms with Crippen LogP contribution in [0.3, 0.4) is 0 Å². The van der Waals surface area contributed by atoms with Crippen molar-refractivity contribution in [2.75, 3.05) is 11.9 Å². The molecule has 2 heterocycles. The third-order valence-corrected chi connectivity index (χ3v) is 4.28. The van der Waals surface area contributed by atoms with Gasteiger partial charge in [-0.15, -0.1) is 5.10 Å². The number of fused-ring (bicyclic) bond motifs is 3. The Hall–Kier alpha value is -2.95. The molecule has 0 amide bonds. The number of aromatic nitrogens is 4. The molecule has 0 saturated heterocycles. The third kappa shape index (κ3) is 2.38. The molecule has 0 N–H and O–H groups in total. The highest BCUT2D eigenvalue weighted by Gasteiger charge is 2.15. The summed E-state index contributed by atoms with van der Waals surface area (Å²) in [6.07, 6.45) is 0. The van der Waals surface area contributed by atoms with Gasteiger partial charge in [0.1, 0.15) is 5.82 Å². The van der Waals surface area contributed by atoms with E-state index in [9.17, 15) is 0 Å². The number of nitrogens with zero attached hydrogens (tertiary/aromatic N) is 5. The van der Waals surface area contributed by atoms with Gasteiger partial charge < -0.3 is 4.90 Å². The molecule has 0 aliphatic heterocycles. The number of benzene rings is 2. The summed E-state index contributed by atoms with van der Waals surface area (Å²) in [6.45, 7) is 4.81. The molecule has 24 heavy (non-hydrogen) atoms. The van der Waals surface area contributed by atoms with Crippen LogP contribution in [0.4, 0.5) is 5.95 Å². The van der Waals surface area contributed by atoms with Crippen molar-refractivity contribution in [3.8, 4) is 0 Å². The molecule has 4 rings (SSSR count). The minimum absolute atomic E-state index is 0.749. The van der Waals surface area contributed by atoms with E-state index in [4.69, 9.17) is 4.98 Å². The summed E-state index contributed by atoms with van der Waals surface area (Å²) >= 11 is 0. The molecule has 0 spiro atoms. The van der Waals surface area contributed by atoms with Crippen LogP contribution in [0.25, 0.3) is 16.6 Å². The number of anilines is 1. The van der Waals surface area contributed by atoms with Gasteiger partial charge in [-0.3, -0.25) is 0 Å². The Morgan fingerprint density at radius 3 is 2.54 bits per heavy atom. The van der Waals surface area contributed by atoms with Crippen LogP contribution >= 0.6 is 0 Å². The number of aryl methyl sites for hydroxylation is 2. The van der Waals surface area contributed by atoms with Gasteiger partial charge in [-0.25, -0.2) is 9.97 Å². The first-order valence-electron chi connectivity index (χ1n) is 8.01. The second kappa shape index (κ2) is 5.60. The van der Waals surface area contributed by atoms with Crippen LogP contribution in [-0.2, 0) is 6.54 Å². The topological polar surface area (TPSA) is 46.3 Å². The molecule has 0 atom stereocenters. The first kappa shape index (κ1) is 14.6. The molecule has 4 aromatic rings. The van der Waals surface area contributed by atoms with Crippen LogP contribution in [0.15, 0.2) is 48.5 Å². The quantitative estimate of drug-likeness (QED) is 0.580. The molecule has 2 aromatic heterocycles. The Balaban J connectivity index is 1.86. The smallest absolute Gasteiger partial charge is 0.229 e. The van der Waals surface area contributed by atoms with Gasteiger partial charge in [-0.05, 0) is 37.1 Å². The van der Waals surface area contributed by atoms with Crippen molar-refractivity contribution in [2.45, 2.75) is 20.4 Å². The highest BCUT2D eigenvalue weighted by molar-refractivity contribution is 5.92. The maximum Gasteiger partial charge on any atom is 0.229 e. The maximum absolute atomic E-state index is 4.83. The van der Waals surface area contributed by atoms with Gasteiger partial charge in [0.05, 0.1) is 5.52 Å².